The second kappa shape index (κ2) is 8.00. The minimum atomic E-state index is 0.156. The van der Waals surface area contributed by atoms with Gasteiger partial charge in [0, 0.05) is 36.0 Å². The molecule has 0 amide bonds. The number of hydrogen-bond acceptors (Lipinski definition) is 7. The van der Waals surface area contributed by atoms with Crippen LogP contribution in [-0.4, -0.2) is 41.0 Å². The van der Waals surface area contributed by atoms with E-state index in [1.54, 1.807) is 17.1 Å². The van der Waals surface area contributed by atoms with Crippen molar-refractivity contribution in [3.63, 3.8) is 0 Å². The molecule has 1 unspecified atom stereocenters. The zero-order valence-electron chi connectivity index (χ0n) is 17.9. The van der Waals surface area contributed by atoms with Gasteiger partial charge in [-0.15, -0.1) is 10.2 Å². The number of pyridine rings is 1. The molecule has 0 spiro atoms. The molecule has 5 heterocycles. The van der Waals surface area contributed by atoms with Crippen LogP contribution in [0.4, 0.5) is 11.8 Å². The lowest BCUT2D eigenvalue weighted by Gasteiger charge is -2.24. The van der Waals surface area contributed by atoms with Crippen molar-refractivity contribution < 1.29 is 4.74 Å². The van der Waals surface area contributed by atoms with Gasteiger partial charge in [0.1, 0.15) is 18.2 Å². The summed E-state index contributed by atoms with van der Waals surface area (Å²) in [5.41, 5.74) is 3.75. The average molecular weight is 461 g/mol. The average Bonchev–Trinajstić information content (AvgIpc) is 3.44. The van der Waals surface area contributed by atoms with Crippen molar-refractivity contribution in [1.82, 2.24) is 34.3 Å². The first-order chi connectivity index (χ1) is 16.1. The van der Waals surface area contributed by atoms with Gasteiger partial charge >= 0.3 is 0 Å². The molecule has 0 radical (unpaired) electrons. The number of aromatic nitrogens is 7. The van der Waals surface area contributed by atoms with E-state index in [-0.39, 0.29) is 5.92 Å². The zero-order chi connectivity index (χ0) is 22.4. The van der Waals surface area contributed by atoms with E-state index < -0.39 is 0 Å². The van der Waals surface area contributed by atoms with Crippen LogP contribution in [-0.2, 0) is 7.05 Å². The molecule has 166 valence electrons. The van der Waals surface area contributed by atoms with E-state index in [1.807, 2.05) is 41.8 Å². The number of ether oxygens (including phenoxy) is 1. The molecule has 0 fully saturated rings. The second-order valence-electron chi connectivity index (χ2n) is 8.22. The summed E-state index contributed by atoms with van der Waals surface area (Å²) in [5.74, 6) is 3.10. The van der Waals surface area contributed by atoms with E-state index in [4.69, 9.17) is 16.3 Å². The fraction of sp³-hybridized carbons (Fsp3) is 0.261. The van der Waals surface area contributed by atoms with Crippen LogP contribution in [0.3, 0.4) is 0 Å². The molecule has 4 aromatic heterocycles. The molecule has 4 aromatic rings. The normalized spacial score (nSPS) is 17.5. The first kappa shape index (κ1) is 19.9. The number of anilines is 2. The van der Waals surface area contributed by atoms with Crippen LogP contribution in [0.15, 0.2) is 59.4 Å². The topological polar surface area (TPSA) is 95.1 Å². The lowest BCUT2D eigenvalue weighted by atomic mass is 9.93. The Balaban J connectivity index is 1.30. The van der Waals surface area contributed by atoms with Crippen LogP contribution in [0.1, 0.15) is 31.0 Å². The molecule has 1 N–H and O–H groups in total. The third-order valence-corrected chi connectivity index (χ3v) is 6.32. The summed E-state index contributed by atoms with van der Waals surface area (Å²) in [4.78, 5) is 8.99. The van der Waals surface area contributed by atoms with Gasteiger partial charge in [-0.3, -0.25) is 4.68 Å². The van der Waals surface area contributed by atoms with E-state index >= 15 is 0 Å². The van der Waals surface area contributed by atoms with Crippen LogP contribution in [0.25, 0.3) is 16.9 Å². The standard InChI is InChI=1S/C23H21ClN8O/c1-31-19(7-9-26-31)28-23-25-8-6-18(27-23)15-11-20-29-30-22-16(13-33-21(12-15)32(20)22)10-14-2-4-17(24)5-3-14/h2,4,6-9,11-12,16H,3,5,10,13H2,1H3,(H,25,27,28). The molecule has 1 aliphatic carbocycles. The first-order valence-corrected chi connectivity index (χ1v) is 11.2. The number of halogens is 1. The third-order valence-electron chi connectivity index (χ3n) is 6.00. The first-order valence-electron chi connectivity index (χ1n) is 10.8. The molecular weight excluding hydrogens is 440 g/mol. The Bertz CT molecular complexity index is 1420. The minimum absolute atomic E-state index is 0.156. The van der Waals surface area contributed by atoms with E-state index in [9.17, 15) is 0 Å². The van der Waals surface area contributed by atoms with Crippen LogP contribution in [0.5, 0.6) is 5.88 Å². The van der Waals surface area contributed by atoms with Crippen LogP contribution < -0.4 is 10.1 Å². The summed E-state index contributed by atoms with van der Waals surface area (Å²) in [5, 5.41) is 17.2. The molecule has 0 saturated carbocycles. The van der Waals surface area contributed by atoms with E-state index in [2.05, 4.69) is 36.7 Å². The number of allylic oxidation sites excluding steroid dienone is 4. The Morgan fingerprint density at radius 2 is 2.09 bits per heavy atom. The fourth-order valence-corrected chi connectivity index (χ4v) is 4.43. The highest BCUT2D eigenvalue weighted by Crippen LogP contribution is 2.36. The molecule has 33 heavy (non-hydrogen) atoms. The quantitative estimate of drug-likeness (QED) is 0.472. The Kier molecular flexibility index (Phi) is 4.83. The largest absolute Gasteiger partial charge is 0.478 e. The van der Waals surface area contributed by atoms with Gasteiger partial charge in [0.05, 0.1) is 17.8 Å². The summed E-state index contributed by atoms with van der Waals surface area (Å²) >= 11 is 6.11. The molecule has 10 heteroatoms. The Morgan fingerprint density at radius 1 is 1.15 bits per heavy atom. The number of nitrogens with zero attached hydrogens (tertiary/aromatic N) is 7. The Labute approximate surface area is 194 Å². The summed E-state index contributed by atoms with van der Waals surface area (Å²) < 4.78 is 9.89. The van der Waals surface area contributed by atoms with Gasteiger partial charge in [-0.2, -0.15) is 5.10 Å². The highest BCUT2D eigenvalue weighted by molar-refractivity contribution is 6.29. The van der Waals surface area contributed by atoms with Crippen LogP contribution in [0, 0.1) is 0 Å². The molecule has 2 aliphatic rings. The predicted octanol–water partition coefficient (Wildman–Crippen LogP) is 4.37. The number of nitrogens with one attached hydrogen (secondary N) is 1. The highest BCUT2D eigenvalue weighted by atomic mass is 35.5. The molecular formula is C23H21ClN8O. The Morgan fingerprint density at radius 3 is 2.91 bits per heavy atom. The van der Waals surface area contributed by atoms with Crippen LogP contribution in [0.2, 0.25) is 0 Å². The van der Waals surface area contributed by atoms with Crippen molar-refractivity contribution in [1.29, 1.82) is 0 Å². The zero-order valence-corrected chi connectivity index (χ0v) is 18.7. The number of aryl methyl sites for hydroxylation is 1. The highest BCUT2D eigenvalue weighted by Gasteiger charge is 2.28. The SMILES string of the molecule is Cn1nccc1Nc1nccc(-c2cc3n4c(nnc4c2)C(CC2=CC=C(Cl)CC2)CO3)n1. The van der Waals surface area contributed by atoms with Crippen molar-refractivity contribution in [2.45, 2.75) is 25.2 Å². The molecule has 0 saturated heterocycles. The van der Waals surface area contributed by atoms with Crippen molar-refractivity contribution in [3.05, 3.63) is 65.2 Å². The molecule has 0 aromatic carbocycles. The van der Waals surface area contributed by atoms with Gasteiger partial charge in [0.15, 0.2) is 5.65 Å². The van der Waals surface area contributed by atoms with Gasteiger partial charge in [-0.05, 0) is 37.5 Å². The van der Waals surface area contributed by atoms with Crippen molar-refractivity contribution >= 4 is 29.0 Å². The van der Waals surface area contributed by atoms with Gasteiger partial charge in [0.25, 0.3) is 0 Å². The molecule has 6 rings (SSSR count). The minimum Gasteiger partial charge on any atom is -0.478 e. The maximum Gasteiger partial charge on any atom is 0.228 e. The summed E-state index contributed by atoms with van der Waals surface area (Å²) in [7, 11) is 1.86. The molecule has 1 atom stereocenters. The Hall–Kier alpha value is -3.72. The predicted molar refractivity (Wildman–Crippen MR) is 125 cm³/mol. The second-order valence-corrected chi connectivity index (χ2v) is 8.70. The maximum absolute atomic E-state index is 6.17. The van der Waals surface area contributed by atoms with Gasteiger partial charge < -0.3 is 10.1 Å². The van der Waals surface area contributed by atoms with Gasteiger partial charge in [-0.25, -0.2) is 14.4 Å². The van der Waals surface area contributed by atoms with Crippen LogP contribution >= 0.6 is 11.6 Å². The van der Waals surface area contributed by atoms with E-state index in [0.29, 0.717) is 12.6 Å². The third kappa shape index (κ3) is 3.74. The lowest BCUT2D eigenvalue weighted by Crippen LogP contribution is -2.21. The van der Waals surface area contributed by atoms with E-state index in [0.717, 1.165) is 58.7 Å². The maximum atomic E-state index is 6.17. The van der Waals surface area contributed by atoms with Crippen molar-refractivity contribution in [3.8, 4) is 17.1 Å². The van der Waals surface area contributed by atoms with E-state index in [1.165, 1.54) is 5.57 Å². The fourth-order valence-electron chi connectivity index (χ4n) is 4.27. The van der Waals surface area contributed by atoms with Gasteiger partial charge in [0.2, 0.25) is 11.8 Å². The molecule has 9 nitrogen and oxygen atoms in total. The lowest BCUT2D eigenvalue weighted by molar-refractivity contribution is 0.244. The monoisotopic (exact) mass is 460 g/mol. The number of rotatable bonds is 5. The smallest absolute Gasteiger partial charge is 0.228 e. The number of hydrogen-bond donors (Lipinski definition) is 1. The summed E-state index contributed by atoms with van der Waals surface area (Å²) in [6.07, 6.45) is 10.3. The van der Waals surface area contributed by atoms with Crippen molar-refractivity contribution in [2.24, 2.45) is 7.05 Å². The van der Waals surface area contributed by atoms with Gasteiger partial charge in [-0.1, -0.05) is 23.3 Å². The van der Waals surface area contributed by atoms with Crippen molar-refractivity contribution in [2.75, 3.05) is 11.9 Å². The molecule has 0 bridgehead atoms. The summed E-state index contributed by atoms with van der Waals surface area (Å²) in [6, 6.07) is 7.69. The molecule has 1 aliphatic heterocycles. The summed E-state index contributed by atoms with van der Waals surface area (Å²) in [6.45, 7) is 0.559.